The second kappa shape index (κ2) is 13.6. The molecule has 1 aromatic carbocycles. The van der Waals surface area contributed by atoms with E-state index in [0.29, 0.717) is 0 Å². The maximum atomic E-state index is 6.37. The van der Waals surface area contributed by atoms with Gasteiger partial charge in [-0.1, -0.05) is 59.7 Å². The van der Waals surface area contributed by atoms with Gasteiger partial charge < -0.3 is 26.9 Å². The lowest BCUT2D eigenvalue weighted by Gasteiger charge is -2.33. The normalized spacial score (nSPS) is 14.8. The van der Waals surface area contributed by atoms with E-state index in [1.807, 2.05) is 12.3 Å². The molecule has 1 aliphatic heterocycles. The van der Waals surface area contributed by atoms with E-state index < -0.39 is 0 Å². The average Bonchev–Trinajstić information content (AvgIpc) is 2.82. The lowest BCUT2D eigenvalue weighted by Crippen LogP contribution is -3.15. The standard InChI is InChI=1S/C28H43N3O.2ClH/c1-7-27(3,4)23-13-14-25(24(22-23)28(5,6)8-2)32-21-11-16-30-17-19-31(20-18-30)26-12-9-10-15-29-26;;/h9-10,12-15,22H,7-8,11,16-21H2,1-6H3;2*1H. The largest absolute Gasteiger partial charge is 1.00 e. The first kappa shape index (κ1) is 30.5. The molecular formula is C28H45Cl2N3O. The van der Waals surface area contributed by atoms with E-state index >= 15 is 0 Å². The highest BCUT2D eigenvalue weighted by atomic mass is 35.5. The van der Waals surface area contributed by atoms with Gasteiger partial charge in [0.05, 0.1) is 39.3 Å². The molecule has 0 atom stereocenters. The molecule has 0 aliphatic carbocycles. The van der Waals surface area contributed by atoms with Crippen LogP contribution in [0.15, 0.2) is 42.6 Å². The van der Waals surface area contributed by atoms with Crippen LogP contribution in [0.5, 0.6) is 5.75 Å². The monoisotopic (exact) mass is 509 g/mol. The van der Waals surface area contributed by atoms with Crippen LogP contribution in [-0.2, 0) is 10.8 Å². The Bertz CT molecular complexity index is 850. The predicted octanol–water partition coefficient (Wildman–Crippen LogP) is 2.06. The van der Waals surface area contributed by atoms with Crippen LogP contribution in [0, 0.1) is 0 Å². The molecule has 192 valence electrons. The molecule has 0 amide bonds. The number of anilines is 1. The van der Waals surface area contributed by atoms with Gasteiger partial charge >= 0.3 is 0 Å². The lowest BCUT2D eigenvalue weighted by molar-refractivity contribution is -0.900. The Morgan fingerprint density at radius 1 is 0.971 bits per heavy atom. The first-order valence-corrected chi connectivity index (χ1v) is 12.5. The van der Waals surface area contributed by atoms with E-state index in [1.54, 1.807) is 4.90 Å². The number of benzene rings is 1. The van der Waals surface area contributed by atoms with E-state index in [4.69, 9.17) is 4.74 Å². The van der Waals surface area contributed by atoms with Gasteiger partial charge in [-0.05, 0) is 47.4 Å². The van der Waals surface area contributed by atoms with Crippen molar-refractivity contribution in [2.75, 3.05) is 44.2 Å². The van der Waals surface area contributed by atoms with Crippen LogP contribution >= 0.6 is 12.4 Å². The van der Waals surface area contributed by atoms with Gasteiger partial charge in [0.15, 0.2) is 0 Å². The van der Waals surface area contributed by atoms with Crippen molar-refractivity contribution in [2.45, 2.75) is 71.6 Å². The van der Waals surface area contributed by atoms with E-state index in [2.05, 4.69) is 81.8 Å². The van der Waals surface area contributed by atoms with Crippen LogP contribution in [0.4, 0.5) is 5.82 Å². The average molecular weight is 511 g/mol. The molecule has 4 nitrogen and oxygen atoms in total. The van der Waals surface area contributed by atoms with Gasteiger partial charge in [0.25, 0.3) is 0 Å². The predicted molar refractivity (Wildman–Crippen MR) is 142 cm³/mol. The number of hydrogen-bond donors (Lipinski definition) is 1. The quantitative estimate of drug-likeness (QED) is 0.497. The molecule has 34 heavy (non-hydrogen) atoms. The molecule has 0 saturated carbocycles. The Morgan fingerprint density at radius 2 is 1.65 bits per heavy atom. The molecule has 0 radical (unpaired) electrons. The number of rotatable bonds is 10. The van der Waals surface area contributed by atoms with E-state index in [9.17, 15) is 0 Å². The molecule has 1 aliphatic rings. The Balaban J connectivity index is 0.00000289. The zero-order valence-electron chi connectivity index (χ0n) is 22.0. The highest BCUT2D eigenvalue weighted by molar-refractivity contribution is 5.85. The summed E-state index contributed by atoms with van der Waals surface area (Å²) in [5.74, 6) is 2.18. The van der Waals surface area contributed by atoms with Crippen molar-refractivity contribution < 1.29 is 22.0 Å². The maximum absolute atomic E-state index is 6.37. The van der Waals surface area contributed by atoms with Crippen LogP contribution in [0.25, 0.3) is 0 Å². The van der Waals surface area contributed by atoms with Crippen molar-refractivity contribution in [3.63, 3.8) is 0 Å². The van der Waals surface area contributed by atoms with Gasteiger partial charge in [0, 0.05) is 18.2 Å². The van der Waals surface area contributed by atoms with Crippen LogP contribution in [-0.4, -0.2) is 44.3 Å². The van der Waals surface area contributed by atoms with Gasteiger partial charge in [-0.15, -0.1) is 12.4 Å². The minimum atomic E-state index is 0. The molecule has 0 unspecified atom stereocenters. The third-order valence-electron chi connectivity index (χ3n) is 7.63. The SMILES string of the molecule is CCC(C)(C)c1ccc(OCCC[NH+]2CCN(c3ccccn3)CC2)c(C(C)(C)CC)c1.Cl.[Cl-]. The second-order valence-corrected chi connectivity index (χ2v) is 10.6. The number of ether oxygens (including phenoxy) is 1. The number of aromatic nitrogens is 1. The summed E-state index contributed by atoms with van der Waals surface area (Å²) in [5, 5.41) is 0. The van der Waals surface area contributed by atoms with E-state index in [-0.39, 0.29) is 35.6 Å². The smallest absolute Gasteiger partial charge is 0.128 e. The van der Waals surface area contributed by atoms with Crippen molar-refractivity contribution in [1.82, 2.24) is 4.98 Å². The number of nitrogens with zero attached hydrogens (tertiary/aromatic N) is 2. The Labute approximate surface area is 220 Å². The van der Waals surface area contributed by atoms with Crippen molar-refractivity contribution in [3.8, 4) is 5.75 Å². The lowest BCUT2D eigenvalue weighted by atomic mass is 9.76. The highest BCUT2D eigenvalue weighted by Crippen LogP contribution is 2.38. The van der Waals surface area contributed by atoms with Gasteiger partial charge in [-0.3, -0.25) is 0 Å². The number of nitrogens with one attached hydrogen (secondary N) is 1. The fourth-order valence-corrected chi connectivity index (χ4v) is 4.35. The summed E-state index contributed by atoms with van der Waals surface area (Å²) in [4.78, 5) is 8.57. The van der Waals surface area contributed by atoms with Crippen molar-refractivity contribution in [3.05, 3.63) is 53.7 Å². The molecule has 6 heteroatoms. The summed E-state index contributed by atoms with van der Waals surface area (Å²) in [6, 6.07) is 13.1. The number of piperazine rings is 1. The number of quaternary nitrogens is 1. The van der Waals surface area contributed by atoms with E-state index in [0.717, 1.165) is 50.5 Å². The van der Waals surface area contributed by atoms with Crippen LogP contribution in [0.3, 0.4) is 0 Å². The fourth-order valence-electron chi connectivity index (χ4n) is 4.35. The first-order valence-electron chi connectivity index (χ1n) is 12.5. The van der Waals surface area contributed by atoms with E-state index in [1.165, 1.54) is 30.8 Å². The Kier molecular flexibility index (Phi) is 12.2. The van der Waals surface area contributed by atoms with Crippen molar-refractivity contribution in [2.24, 2.45) is 0 Å². The molecule has 0 bridgehead atoms. The minimum Gasteiger partial charge on any atom is -1.00 e. The van der Waals surface area contributed by atoms with Gasteiger partial charge in [0.1, 0.15) is 11.6 Å². The van der Waals surface area contributed by atoms with Crippen LogP contribution in [0.2, 0.25) is 0 Å². The maximum Gasteiger partial charge on any atom is 0.128 e. The number of hydrogen-bond acceptors (Lipinski definition) is 3. The van der Waals surface area contributed by atoms with Crippen LogP contribution < -0.4 is 26.9 Å². The Morgan fingerprint density at radius 3 is 2.24 bits per heavy atom. The number of pyridine rings is 1. The molecule has 1 N–H and O–H groups in total. The summed E-state index contributed by atoms with van der Waals surface area (Å²) in [6.45, 7) is 20.4. The first-order chi connectivity index (χ1) is 15.3. The molecule has 1 aromatic heterocycles. The molecule has 1 saturated heterocycles. The van der Waals surface area contributed by atoms with Gasteiger partial charge in [0.2, 0.25) is 0 Å². The van der Waals surface area contributed by atoms with Gasteiger partial charge in [-0.2, -0.15) is 0 Å². The third kappa shape index (κ3) is 7.76. The third-order valence-corrected chi connectivity index (χ3v) is 7.63. The zero-order chi connectivity index (χ0) is 23.2. The molecule has 1 fully saturated rings. The van der Waals surface area contributed by atoms with Crippen LogP contribution in [0.1, 0.15) is 71.9 Å². The second-order valence-electron chi connectivity index (χ2n) is 10.6. The number of halogens is 2. The van der Waals surface area contributed by atoms with Crippen molar-refractivity contribution >= 4 is 18.2 Å². The molecule has 0 spiro atoms. The molecule has 2 heterocycles. The molecular weight excluding hydrogens is 465 g/mol. The van der Waals surface area contributed by atoms with Gasteiger partial charge in [-0.25, -0.2) is 4.98 Å². The Hall–Kier alpha value is -1.49. The summed E-state index contributed by atoms with van der Waals surface area (Å²) >= 11 is 0. The summed E-state index contributed by atoms with van der Waals surface area (Å²) in [7, 11) is 0. The summed E-state index contributed by atoms with van der Waals surface area (Å²) < 4.78 is 6.37. The molecule has 2 aromatic rings. The topological polar surface area (TPSA) is 29.8 Å². The zero-order valence-corrected chi connectivity index (χ0v) is 23.6. The summed E-state index contributed by atoms with van der Waals surface area (Å²) in [5.41, 5.74) is 3.08. The molecule has 3 rings (SSSR count). The fraction of sp³-hybridized carbons (Fsp3) is 0.607. The minimum absolute atomic E-state index is 0. The highest BCUT2D eigenvalue weighted by Gasteiger charge is 2.27. The summed E-state index contributed by atoms with van der Waals surface area (Å²) in [6.07, 6.45) is 5.21. The van der Waals surface area contributed by atoms with Crippen molar-refractivity contribution in [1.29, 1.82) is 0 Å².